The monoisotopic (exact) mass is 269 g/mol. The number of aliphatic hydroxyl groups is 1. The quantitative estimate of drug-likeness (QED) is 0.881. The van der Waals surface area contributed by atoms with Gasteiger partial charge in [0.25, 0.3) is 5.56 Å². The summed E-state index contributed by atoms with van der Waals surface area (Å²) in [6.45, 7) is -0.144. The molecule has 0 aliphatic heterocycles. The lowest BCUT2D eigenvalue weighted by Crippen LogP contribution is -2.09. The Morgan fingerprint density at radius 1 is 1.18 bits per heavy atom. The van der Waals surface area contributed by atoms with Crippen molar-refractivity contribution >= 4 is 23.2 Å². The number of nitrogens with one attached hydrogen (secondary N) is 1. The smallest absolute Gasteiger partial charge is 0.255 e. The minimum absolute atomic E-state index is 0.144. The molecule has 0 fully saturated rings. The van der Waals surface area contributed by atoms with Crippen LogP contribution in [0.3, 0.4) is 0 Å². The molecule has 0 aliphatic rings. The molecule has 0 unspecified atom stereocenters. The molecule has 0 bridgehead atoms. The van der Waals surface area contributed by atoms with E-state index in [-0.39, 0.29) is 12.2 Å². The van der Waals surface area contributed by atoms with E-state index < -0.39 is 0 Å². The standard InChI is InChI=1S/C12H9Cl2NO2/c13-8-1-2-9(11(14)4-8)10-3-7(6-16)5-15-12(10)17/h1-5,16H,6H2,(H,15,17). The van der Waals surface area contributed by atoms with Crippen molar-refractivity contribution in [2.45, 2.75) is 6.61 Å². The molecule has 0 amide bonds. The van der Waals surface area contributed by atoms with Crippen molar-refractivity contribution in [2.24, 2.45) is 0 Å². The Hall–Kier alpha value is -1.29. The molecule has 0 aliphatic carbocycles. The largest absolute Gasteiger partial charge is 0.392 e. The van der Waals surface area contributed by atoms with E-state index >= 15 is 0 Å². The van der Waals surface area contributed by atoms with E-state index in [0.29, 0.717) is 26.7 Å². The molecule has 5 heteroatoms. The lowest BCUT2D eigenvalue weighted by atomic mass is 10.1. The highest BCUT2D eigenvalue weighted by atomic mass is 35.5. The zero-order valence-corrected chi connectivity index (χ0v) is 10.2. The molecular formula is C12H9Cl2NO2. The van der Waals surface area contributed by atoms with E-state index in [1.54, 1.807) is 24.3 Å². The van der Waals surface area contributed by atoms with Crippen LogP contribution in [0.25, 0.3) is 11.1 Å². The predicted octanol–water partition coefficient (Wildman–Crippen LogP) is 2.84. The van der Waals surface area contributed by atoms with Crippen molar-refractivity contribution in [1.29, 1.82) is 0 Å². The normalized spacial score (nSPS) is 10.5. The van der Waals surface area contributed by atoms with Gasteiger partial charge in [-0.05, 0) is 23.8 Å². The lowest BCUT2D eigenvalue weighted by molar-refractivity contribution is 0.281. The third kappa shape index (κ3) is 2.52. The number of rotatable bonds is 2. The van der Waals surface area contributed by atoms with E-state index in [0.717, 1.165) is 0 Å². The SMILES string of the molecule is O=c1[nH]cc(CO)cc1-c1ccc(Cl)cc1Cl. The molecule has 3 nitrogen and oxygen atoms in total. The predicted molar refractivity (Wildman–Crippen MR) is 68.4 cm³/mol. The molecule has 0 saturated heterocycles. The van der Waals surface area contributed by atoms with Gasteiger partial charge in [0.05, 0.1) is 11.6 Å². The van der Waals surface area contributed by atoms with Crippen LogP contribution < -0.4 is 5.56 Å². The topological polar surface area (TPSA) is 53.1 Å². The van der Waals surface area contributed by atoms with E-state index in [1.165, 1.54) is 6.20 Å². The summed E-state index contributed by atoms with van der Waals surface area (Å²) >= 11 is 11.8. The maximum absolute atomic E-state index is 11.7. The molecule has 17 heavy (non-hydrogen) atoms. The van der Waals surface area contributed by atoms with Crippen molar-refractivity contribution < 1.29 is 5.11 Å². The summed E-state index contributed by atoms with van der Waals surface area (Å²) in [5.41, 5.74) is 1.36. The molecule has 88 valence electrons. The Kier molecular flexibility index (Phi) is 3.52. The van der Waals surface area contributed by atoms with Gasteiger partial charge in [0, 0.05) is 22.3 Å². The first-order chi connectivity index (χ1) is 8.11. The lowest BCUT2D eigenvalue weighted by Gasteiger charge is -2.05. The van der Waals surface area contributed by atoms with Crippen LogP contribution in [0.2, 0.25) is 10.0 Å². The minimum Gasteiger partial charge on any atom is -0.392 e. The van der Waals surface area contributed by atoms with Crippen molar-refractivity contribution in [1.82, 2.24) is 4.98 Å². The van der Waals surface area contributed by atoms with Crippen LogP contribution in [0.4, 0.5) is 0 Å². The van der Waals surface area contributed by atoms with Crippen molar-refractivity contribution in [3.8, 4) is 11.1 Å². The highest BCUT2D eigenvalue weighted by Gasteiger charge is 2.09. The van der Waals surface area contributed by atoms with Crippen LogP contribution in [0, 0.1) is 0 Å². The number of halogens is 2. The first-order valence-electron chi connectivity index (χ1n) is 4.89. The number of aliphatic hydroxyl groups excluding tert-OH is 1. The van der Waals surface area contributed by atoms with Crippen molar-refractivity contribution in [3.05, 3.63) is 56.4 Å². The molecule has 2 rings (SSSR count). The maximum atomic E-state index is 11.7. The number of benzene rings is 1. The summed E-state index contributed by atoms with van der Waals surface area (Å²) in [5.74, 6) is 0. The molecule has 1 aromatic heterocycles. The van der Waals surface area contributed by atoms with E-state index in [9.17, 15) is 4.79 Å². The number of H-pyrrole nitrogens is 1. The van der Waals surface area contributed by atoms with Gasteiger partial charge in [-0.3, -0.25) is 4.79 Å². The van der Waals surface area contributed by atoms with Crippen LogP contribution in [0.5, 0.6) is 0 Å². The Labute approximate surface area is 108 Å². The molecule has 0 spiro atoms. The van der Waals surface area contributed by atoms with Gasteiger partial charge in [-0.2, -0.15) is 0 Å². The van der Waals surface area contributed by atoms with E-state index in [4.69, 9.17) is 28.3 Å². The Morgan fingerprint density at radius 3 is 2.59 bits per heavy atom. The molecule has 0 atom stereocenters. The van der Waals surface area contributed by atoms with Crippen LogP contribution in [-0.4, -0.2) is 10.1 Å². The fourth-order valence-electron chi connectivity index (χ4n) is 1.53. The van der Waals surface area contributed by atoms with Gasteiger partial charge >= 0.3 is 0 Å². The van der Waals surface area contributed by atoms with Gasteiger partial charge in [0.2, 0.25) is 0 Å². The Balaban J connectivity index is 2.63. The summed E-state index contributed by atoms with van der Waals surface area (Å²) in [6, 6.07) is 6.52. The van der Waals surface area contributed by atoms with Crippen LogP contribution in [0.1, 0.15) is 5.56 Å². The fourth-order valence-corrected chi connectivity index (χ4v) is 2.04. The van der Waals surface area contributed by atoms with E-state index in [2.05, 4.69) is 4.98 Å². The fraction of sp³-hybridized carbons (Fsp3) is 0.0833. The summed E-state index contributed by atoms with van der Waals surface area (Å²) in [7, 11) is 0. The zero-order valence-electron chi connectivity index (χ0n) is 8.71. The van der Waals surface area contributed by atoms with Crippen LogP contribution in [0.15, 0.2) is 35.3 Å². The molecule has 0 saturated carbocycles. The number of aromatic amines is 1. The number of pyridine rings is 1. The molecule has 1 aromatic carbocycles. The number of hydrogen-bond acceptors (Lipinski definition) is 2. The average molecular weight is 270 g/mol. The molecule has 2 N–H and O–H groups in total. The highest BCUT2D eigenvalue weighted by molar-refractivity contribution is 6.36. The van der Waals surface area contributed by atoms with Gasteiger partial charge in [-0.25, -0.2) is 0 Å². The van der Waals surface area contributed by atoms with Gasteiger partial charge in [-0.15, -0.1) is 0 Å². The van der Waals surface area contributed by atoms with Gasteiger partial charge in [0.1, 0.15) is 0 Å². The third-order valence-corrected chi connectivity index (χ3v) is 2.91. The van der Waals surface area contributed by atoms with Crippen molar-refractivity contribution in [3.63, 3.8) is 0 Å². The van der Waals surface area contributed by atoms with E-state index in [1.807, 2.05) is 0 Å². The molecule has 0 radical (unpaired) electrons. The Morgan fingerprint density at radius 2 is 1.94 bits per heavy atom. The van der Waals surface area contributed by atoms with Crippen LogP contribution >= 0.6 is 23.2 Å². The van der Waals surface area contributed by atoms with Gasteiger partial charge in [-0.1, -0.05) is 29.3 Å². The maximum Gasteiger partial charge on any atom is 0.255 e. The summed E-state index contributed by atoms with van der Waals surface area (Å²) in [5, 5.41) is 9.95. The second-order valence-electron chi connectivity index (χ2n) is 3.53. The number of aromatic nitrogens is 1. The van der Waals surface area contributed by atoms with Crippen LogP contribution in [-0.2, 0) is 6.61 Å². The van der Waals surface area contributed by atoms with Gasteiger partial charge < -0.3 is 10.1 Å². The first kappa shape index (κ1) is 12.2. The van der Waals surface area contributed by atoms with Crippen molar-refractivity contribution in [2.75, 3.05) is 0 Å². The zero-order chi connectivity index (χ0) is 12.4. The second-order valence-corrected chi connectivity index (χ2v) is 4.38. The third-order valence-electron chi connectivity index (χ3n) is 2.37. The number of hydrogen-bond donors (Lipinski definition) is 2. The first-order valence-corrected chi connectivity index (χ1v) is 5.65. The highest BCUT2D eigenvalue weighted by Crippen LogP contribution is 2.28. The summed E-state index contributed by atoms with van der Waals surface area (Å²) < 4.78 is 0. The molecule has 1 heterocycles. The molecular weight excluding hydrogens is 261 g/mol. The second kappa shape index (κ2) is 4.92. The average Bonchev–Trinajstić information content (AvgIpc) is 2.30. The summed E-state index contributed by atoms with van der Waals surface area (Å²) in [6.07, 6.45) is 1.47. The minimum atomic E-state index is -0.258. The Bertz CT molecular complexity index is 608. The summed E-state index contributed by atoms with van der Waals surface area (Å²) in [4.78, 5) is 14.2. The molecule has 2 aromatic rings. The van der Waals surface area contributed by atoms with Gasteiger partial charge in [0.15, 0.2) is 0 Å².